The fourth-order valence-corrected chi connectivity index (χ4v) is 2.82. The Hall–Kier alpha value is -0.670. The summed E-state index contributed by atoms with van der Waals surface area (Å²) < 4.78 is 8.25. The summed E-state index contributed by atoms with van der Waals surface area (Å²) in [4.78, 5) is 6.37. The Bertz CT molecular complexity index is 656. The lowest BCUT2D eigenvalue weighted by Crippen LogP contribution is -2.39. The number of aromatic nitrogens is 1. The lowest BCUT2D eigenvalue weighted by Gasteiger charge is -2.22. The van der Waals surface area contributed by atoms with Crippen LogP contribution in [0, 0.1) is 0 Å². The molecule has 2 rings (SSSR count). The monoisotopic (exact) mass is 514 g/mol. The number of furan rings is 1. The number of aryl methyl sites for hydroxylation is 1. The van der Waals surface area contributed by atoms with E-state index in [4.69, 9.17) is 16.0 Å². The molecule has 23 heavy (non-hydrogen) atoms. The number of halogens is 3. The molecule has 0 aromatic carbocycles. The Morgan fingerprint density at radius 1 is 1.48 bits per heavy atom. The third kappa shape index (κ3) is 6.04. The minimum atomic E-state index is 0. The first-order valence-corrected chi connectivity index (χ1v) is 8.13. The molecule has 0 atom stereocenters. The number of nitrogens with one attached hydrogen (secondary N) is 1. The summed E-state index contributed by atoms with van der Waals surface area (Å²) in [6.07, 6.45) is 2.70. The maximum atomic E-state index is 6.02. The summed E-state index contributed by atoms with van der Waals surface area (Å²) in [7, 11) is 5.76. The van der Waals surface area contributed by atoms with Gasteiger partial charge in [-0.25, -0.2) is 0 Å². The molecule has 2 aromatic rings. The van der Waals surface area contributed by atoms with Gasteiger partial charge >= 0.3 is 0 Å². The summed E-state index contributed by atoms with van der Waals surface area (Å²) in [6, 6.07) is 5.82. The third-order valence-corrected chi connectivity index (χ3v) is 3.96. The van der Waals surface area contributed by atoms with E-state index in [2.05, 4.69) is 31.1 Å². The molecule has 8 heteroatoms. The van der Waals surface area contributed by atoms with Crippen molar-refractivity contribution in [2.24, 2.45) is 12.0 Å². The molecule has 128 valence electrons. The van der Waals surface area contributed by atoms with Crippen molar-refractivity contribution in [2.45, 2.75) is 13.0 Å². The van der Waals surface area contributed by atoms with Crippen LogP contribution in [-0.4, -0.2) is 36.1 Å². The van der Waals surface area contributed by atoms with Crippen LogP contribution < -0.4 is 5.32 Å². The van der Waals surface area contributed by atoms with Crippen LogP contribution in [0.5, 0.6) is 0 Å². The smallest absolute Gasteiger partial charge is 0.193 e. The highest BCUT2D eigenvalue weighted by molar-refractivity contribution is 14.0. The molecule has 0 unspecified atom stereocenters. The quantitative estimate of drug-likeness (QED) is 0.373. The van der Waals surface area contributed by atoms with Gasteiger partial charge in [0.15, 0.2) is 10.6 Å². The average Bonchev–Trinajstić information content (AvgIpc) is 3.01. The molecule has 0 amide bonds. The van der Waals surface area contributed by atoms with E-state index in [9.17, 15) is 0 Å². The summed E-state index contributed by atoms with van der Waals surface area (Å²) in [5.74, 6) is 1.77. The molecule has 0 bridgehead atoms. The molecule has 2 heterocycles. The molecule has 0 radical (unpaired) electrons. The van der Waals surface area contributed by atoms with Gasteiger partial charge in [0, 0.05) is 46.0 Å². The standard InChI is InChI=1S/C15H20BrClN4O.HI/c1-18-15(19-7-6-13-4-5-14(16)22-13)21(3)10-12-8-11(17)9-20(12)2;/h4-5,8-9H,6-7,10H2,1-3H3,(H,18,19);1H. The van der Waals surface area contributed by atoms with E-state index in [1.54, 1.807) is 7.05 Å². The van der Waals surface area contributed by atoms with Crippen molar-refractivity contribution in [3.8, 4) is 0 Å². The lowest BCUT2D eigenvalue weighted by molar-refractivity contribution is 0.455. The van der Waals surface area contributed by atoms with Crippen molar-refractivity contribution < 1.29 is 4.42 Å². The Morgan fingerprint density at radius 2 is 2.22 bits per heavy atom. The topological polar surface area (TPSA) is 45.7 Å². The van der Waals surface area contributed by atoms with E-state index >= 15 is 0 Å². The zero-order chi connectivity index (χ0) is 16.1. The lowest BCUT2D eigenvalue weighted by atomic mass is 10.3. The molecule has 0 aliphatic rings. The van der Waals surface area contributed by atoms with Gasteiger partial charge in [-0.3, -0.25) is 4.99 Å². The maximum absolute atomic E-state index is 6.02. The minimum absolute atomic E-state index is 0. The normalized spacial score (nSPS) is 11.3. The number of hydrogen-bond donors (Lipinski definition) is 1. The first kappa shape index (κ1) is 20.4. The van der Waals surface area contributed by atoms with E-state index in [0.717, 1.165) is 46.6 Å². The van der Waals surface area contributed by atoms with E-state index in [1.807, 2.05) is 43.1 Å². The molecular weight excluding hydrogens is 494 g/mol. The zero-order valence-corrected chi connectivity index (χ0v) is 18.0. The van der Waals surface area contributed by atoms with Crippen molar-refractivity contribution in [3.63, 3.8) is 0 Å². The minimum Gasteiger partial charge on any atom is -0.454 e. The van der Waals surface area contributed by atoms with Gasteiger partial charge in [0.2, 0.25) is 0 Å². The Labute approximate surface area is 167 Å². The second-order valence-electron chi connectivity index (χ2n) is 5.05. The van der Waals surface area contributed by atoms with Crippen LogP contribution in [0.1, 0.15) is 11.5 Å². The summed E-state index contributed by atoms with van der Waals surface area (Å²) in [6.45, 7) is 1.49. The van der Waals surface area contributed by atoms with Crippen molar-refractivity contribution in [1.29, 1.82) is 0 Å². The van der Waals surface area contributed by atoms with Gasteiger partial charge in [0.1, 0.15) is 5.76 Å². The predicted octanol–water partition coefficient (Wildman–Crippen LogP) is 3.90. The Morgan fingerprint density at radius 3 is 2.74 bits per heavy atom. The second-order valence-corrected chi connectivity index (χ2v) is 6.26. The van der Waals surface area contributed by atoms with Crippen LogP contribution >= 0.6 is 51.5 Å². The first-order chi connectivity index (χ1) is 10.5. The molecule has 0 aliphatic heterocycles. The second kappa shape index (κ2) is 9.58. The summed E-state index contributed by atoms with van der Waals surface area (Å²) in [5.41, 5.74) is 1.13. The van der Waals surface area contributed by atoms with Crippen LogP contribution in [0.25, 0.3) is 0 Å². The van der Waals surface area contributed by atoms with E-state index in [-0.39, 0.29) is 24.0 Å². The van der Waals surface area contributed by atoms with E-state index in [1.165, 1.54) is 0 Å². The molecule has 0 fully saturated rings. The highest BCUT2D eigenvalue weighted by Gasteiger charge is 2.10. The van der Waals surface area contributed by atoms with Crippen LogP contribution in [0.15, 0.2) is 38.5 Å². The van der Waals surface area contributed by atoms with Gasteiger partial charge in [-0.15, -0.1) is 24.0 Å². The Kier molecular flexibility index (Phi) is 8.49. The zero-order valence-electron chi connectivity index (χ0n) is 13.3. The van der Waals surface area contributed by atoms with Gasteiger partial charge in [-0.1, -0.05) is 11.6 Å². The fourth-order valence-electron chi connectivity index (χ4n) is 2.21. The number of guanidine groups is 1. The fraction of sp³-hybridized carbons (Fsp3) is 0.400. The van der Waals surface area contributed by atoms with Crippen molar-refractivity contribution in [1.82, 2.24) is 14.8 Å². The number of rotatable bonds is 5. The molecule has 2 aromatic heterocycles. The summed E-state index contributed by atoms with van der Waals surface area (Å²) >= 11 is 9.32. The van der Waals surface area contributed by atoms with Crippen molar-refractivity contribution in [2.75, 3.05) is 20.6 Å². The van der Waals surface area contributed by atoms with Crippen molar-refractivity contribution in [3.05, 3.63) is 45.5 Å². The number of hydrogen-bond acceptors (Lipinski definition) is 2. The van der Waals surface area contributed by atoms with Crippen LogP contribution in [0.2, 0.25) is 5.02 Å². The van der Waals surface area contributed by atoms with Gasteiger partial charge in [-0.2, -0.15) is 0 Å². The highest BCUT2D eigenvalue weighted by Crippen LogP contribution is 2.15. The maximum Gasteiger partial charge on any atom is 0.193 e. The van der Waals surface area contributed by atoms with Crippen LogP contribution in [0.4, 0.5) is 0 Å². The molecule has 1 N–H and O–H groups in total. The van der Waals surface area contributed by atoms with Gasteiger partial charge < -0.3 is 19.2 Å². The van der Waals surface area contributed by atoms with Crippen LogP contribution in [-0.2, 0) is 20.0 Å². The van der Waals surface area contributed by atoms with Gasteiger partial charge in [0.05, 0.1) is 11.6 Å². The molecule has 0 aliphatic carbocycles. The molecule has 0 spiro atoms. The molecule has 5 nitrogen and oxygen atoms in total. The SMILES string of the molecule is CN=C(NCCc1ccc(Br)o1)N(C)Cc1cc(Cl)cn1C.I. The van der Waals surface area contributed by atoms with Crippen molar-refractivity contribution >= 4 is 57.5 Å². The largest absolute Gasteiger partial charge is 0.454 e. The number of nitrogens with zero attached hydrogens (tertiary/aromatic N) is 3. The highest BCUT2D eigenvalue weighted by atomic mass is 127. The first-order valence-electron chi connectivity index (χ1n) is 6.96. The van der Waals surface area contributed by atoms with E-state index < -0.39 is 0 Å². The summed E-state index contributed by atoms with van der Waals surface area (Å²) in [5, 5.41) is 4.08. The van der Waals surface area contributed by atoms with Gasteiger partial charge in [0.25, 0.3) is 0 Å². The molecule has 0 saturated carbocycles. The van der Waals surface area contributed by atoms with E-state index in [0.29, 0.717) is 0 Å². The van der Waals surface area contributed by atoms with Crippen LogP contribution in [0.3, 0.4) is 0 Å². The van der Waals surface area contributed by atoms with Gasteiger partial charge in [-0.05, 0) is 34.1 Å². The average molecular weight is 516 g/mol. The Balaban J connectivity index is 0.00000264. The third-order valence-electron chi connectivity index (χ3n) is 3.33. The molecule has 0 saturated heterocycles. The number of aliphatic imine (C=N–C) groups is 1. The molecular formula is C15H21BrClIN4O. The predicted molar refractivity (Wildman–Crippen MR) is 109 cm³/mol.